The van der Waals surface area contributed by atoms with Crippen LogP contribution in [0.25, 0.3) is 33.3 Å². The maximum atomic E-state index is 12.9. The molecule has 118 valence electrons. The lowest BCUT2D eigenvalue weighted by Gasteiger charge is -2.09. The summed E-state index contributed by atoms with van der Waals surface area (Å²) in [7, 11) is 0. The van der Waals surface area contributed by atoms with Gasteiger partial charge in [-0.15, -0.1) is 0 Å². The van der Waals surface area contributed by atoms with Gasteiger partial charge in [-0.05, 0) is 18.2 Å². The summed E-state index contributed by atoms with van der Waals surface area (Å²) in [6, 6.07) is 14.1. The molecule has 0 aliphatic rings. The van der Waals surface area contributed by atoms with Gasteiger partial charge in [0, 0.05) is 12.5 Å². The largest absolute Gasteiger partial charge is 0.464 e. The number of carbonyl (C=O) groups excluding carboxylic acids is 1. The highest BCUT2D eigenvalue weighted by Crippen LogP contribution is 2.34. The minimum atomic E-state index is -0.580. The smallest absolute Gasteiger partial charge is 0.308 e. The van der Waals surface area contributed by atoms with Gasteiger partial charge < -0.3 is 13.6 Å². The first-order valence-corrected chi connectivity index (χ1v) is 7.36. The predicted octanol–water partition coefficient (Wildman–Crippen LogP) is 4.13. The molecule has 0 saturated heterocycles. The SMILES string of the molecule is CC(=O)Oc1c(-c2ccccc2)oc2c(ccc3occc32)c1=O. The Morgan fingerprint density at radius 1 is 1.00 bits per heavy atom. The van der Waals surface area contributed by atoms with Gasteiger partial charge in [0.15, 0.2) is 5.76 Å². The summed E-state index contributed by atoms with van der Waals surface area (Å²) in [5.74, 6) is -0.468. The first-order chi connectivity index (χ1) is 11.6. The molecular weight excluding hydrogens is 308 g/mol. The van der Waals surface area contributed by atoms with Crippen LogP contribution in [0.3, 0.4) is 0 Å². The second kappa shape index (κ2) is 5.38. The van der Waals surface area contributed by atoms with Crippen LogP contribution >= 0.6 is 0 Å². The Bertz CT molecular complexity index is 1120. The van der Waals surface area contributed by atoms with Gasteiger partial charge in [-0.1, -0.05) is 30.3 Å². The van der Waals surface area contributed by atoms with E-state index in [0.717, 1.165) is 0 Å². The highest BCUT2D eigenvalue weighted by atomic mass is 16.5. The van der Waals surface area contributed by atoms with Crippen molar-refractivity contribution in [3.8, 4) is 17.1 Å². The Labute approximate surface area is 136 Å². The van der Waals surface area contributed by atoms with Crippen molar-refractivity contribution in [2.75, 3.05) is 0 Å². The van der Waals surface area contributed by atoms with E-state index in [2.05, 4.69) is 0 Å². The van der Waals surface area contributed by atoms with Gasteiger partial charge in [0.25, 0.3) is 0 Å². The predicted molar refractivity (Wildman–Crippen MR) is 89.0 cm³/mol. The molecule has 0 saturated carbocycles. The van der Waals surface area contributed by atoms with Crippen LogP contribution in [0.4, 0.5) is 0 Å². The third-order valence-corrected chi connectivity index (χ3v) is 3.73. The van der Waals surface area contributed by atoms with E-state index in [1.165, 1.54) is 13.2 Å². The standard InChI is InChI=1S/C19H12O5/c1-11(20)23-19-16(21)14-7-8-15-13(9-10-22-15)18(14)24-17(19)12-5-3-2-4-6-12/h2-10H,1H3. The third-order valence-electron chi connectivity index (χ3n) is 3.73. The molecule has 0 spiro atoms. The van der Waals surface area contributed by atoms with Crippen molar-refractivity contribution in [2.24, 2.45) is 0 Å². The van der Waals surface area contributed by atoms with Crippen LogP contribution < -0.4 is 10.2 Å². The monoisotopic (exact) mass is 320 g/mol. The van der Waals surface area contributed by atoms with Gasteiger partial charge in [-0.2, -0.15) is 0 Å². The highest BCUT2D eigenvalue weighted by Gasteiger charge is 2.20. The quantitative estimate of drug-likeness (QED) is 0.519. The number of benzene rings is 2. The molecule has 0 unspecified atom stereocenters. The van der Waals surface area contributed by atoms with E-state index in [9.17, 15) is 9.59 Å². The second-order valence-electron chi connectivity index (χ2n) is 5.32. The maximum absolute atomic E-state index is 12.9. The Hall–Kier alpha value is -3.34. The van der Waals surface area contributed by atoms with Gasteiger partial charge >= 0.3 is 5.97 Å². The Morgan fingerprint density at radius 2 is 1.79 bits per heavy atom. The first-order valence-electron chi connectivity index (χ1n) is 7.36. The molecule has 0 atom stereocenters. The summed E-state index contributed by atoms with van der Waals surface area (Å²) in [5.41, 5.74) is 1.27. The first kappa shape index (κ1) is 14.3. The fourth-order valence-electron chi connectivity index (χ4n) is 2.70. The Balaban J connectivity index is 2.14. The molecule has 0 aliphatic heterocycles. The number of fused-ring (bicyclic) bond motifs is 3. The molecule has 4 aromatic rings. The zero-order valence-corrected chi connectivity index (χ0v) is 12.7. The van der Waals surface area contributed by atoms with Gasteiger partial charge in [0.05, 0.1) is 17.0 Å². The molecule has 0 amide bonds. The van der Waals surface area contributed by atoms with Crippen LogP contribution in [0, 0.1) is 0 Å². The molecule has 24 heavy (non-hydrogen) atoms. The lowest BCUT2D eigenvalue weighted by atomic mass is 10.1. The topological polar surface area (TPSA) is 69.7 Å². The van der Waals surface area contributed by atoms with E-state index >= 15 is 0 Å². The molecule has 5 heteroatoms. The molecule has 0 fully saturated rings. The van der Waals surface area contributed by atoms with Crippen molar-refractivity contribution in [3.05, 3.63) is 65.0 Å². The average molecular weight is 320 g/mol. The lowest BCUT2D eigenvalue weighted by molar-refractivity contribution is -0.131. The van der Waals surface area contributed by atoms with E-state index < -0.39 is 11.4 Å². The fraction of sp³-hybridized carbons (Fsp3) is 0.0526. The minimum Gasteiger partial charge on any atom is -0.464 e. The van der Waals surface area contributed by atoms with Crippen molar-refractivity contribution >= 4 is 27.9 Å². The van der Waals surface area contributed by atoms with E-state index in [4.69, 9.17) is 13.6 Å². The normalized spacial score (nSPS) is 11.0. The number of esters is 1. The molecule has 2 heterocycles. The van der Waals surface area contributed by atoms with E-state index in [1.807, 2.05) is 18.2 Å². The summed E-state index contributed by atoms with van der Waals surface area (Å²) < 4.78 is 16.5. The number of furan rings is 1. The van der Waals surface area contributed by atoms with E-state index in [1.54, 1.807) is 30.3 Å². The highest BCUT2D eigenvalue weighted by molar-refractivity contribution is 6.03. The van der Waals surface area contributed by atoms with Gasteiger partial charge in [-0.25, -0.2) is 0 Å². The maximum Gasteiger partial charge on any atom is 0.308 e. The molecular formula is C19H12O5. The third kappa shape index (κ3) is 2.18. The number of ether oxygens (including phenoxy) is 1. The summed E-state index contributed by atoms with van der Waals surface area (Å²) in [5, 5.41) is 1.02. The molecule has 2 aromatic heterocycles. The second-order valence-corrected chi connectivity index (χ2v) is 5.32. The van der Waals surface area contributed by atoms with Crippen LogP contribution in [-0.2, 0) is 4.79 Å². The van der Waals surface area contributed by atoms with Gasteiger partial charge in [0.1, 0.15) is 11.2 Å². The molecule has 2 aromatic carbocycles. The number of rotatable bonds is 2. The molecule has 0 aliphatic carbocycles. The summed E-state index contributed by atoms with van der Waals surface area (Å²) in [6.07, 6.45) is 1.53. The summed E-state index contributed by atoms with van der Waals surface area (Å²) in [6.45, 7) is 1.25. The van der Waals surface area contributed by atoms with Crippen LogP contribution in [0.5, 0.6) is 5.75 Å². The number of carbonyl (C=O) groups is 1. The van der Waals surface area contributed by atoms with Crippen LogP contribution in [0.2, 0.25) is 0 Å². The van der Waals surface area contributed by atoms with Gasteiger partial charge in [0.2, 0.25) is 11.2 Å². The van der Waals surface area contributed by atoms with Crippen LogP contribution in [0.1, 0.15) is 6.92 Å². The molecule has 0 N–H and O–H groups in total. The molecule has 4 rings (SSSR count). The van der Waals surface area contributed by atoms with Crippen molar-refractivity contribution in [3.63, 3.8) is 0 Å². The molecule has 0 radical (unpaired) electrons. The molecule has 5 nitrogen and oxygen atoms in total. The van der Waals surface area contributed by atoms with Crippen molar-refractivity contribution < 1.29 is 18.4 Å². The molecule has 0 bridgehead atoms. The van der Waals surface area contributed by atoms with Crippen molar-refractivity contribution in [1.82, 2.24) is 0 Å². The number of hydrogen-bond acceptors (Lipinski definition) is 5. The Morgan fingerprint density at radius 3 is 2.54 bits per heavy atom. The summed E-state index contributed by atoms with van der Waals surface area (Å²) >= 11 is 0. The zero-order chi connectivity index (χ0) is 16.7. The van der Waals surface area contributed by atoms with Gasteiger partial charge in [-0.3, -0.25) is 9.59 Å². The zero-order valence-electron chi connectivity index (χ0n) is 12.7. The van der Waals surface area contributed by atoms with Crippen LogP contribution in [-0.4, -0.2) is 5.97 Å². The fourth-order valence-corrected chi connectivity index (χ4v) is 2.70. The van der Waals surface area contributed by atoms with E-state index in [0.29, 0.717) is 27.5 Å². The van der Waals surface area contributed by atoms with Crippen LogP contribution in [0.15, 0.2) is 68.4 Å². The minimum absolute atomic E-state index is 0.107. The van der Waals surface area contributed by atoms with Crippen molar-refractivity contribution in [1.29, 1.82) is 0 Å². The average Bonchev–Trinajstić information content (AvgIpc) is 3.06. The summed E-state index contributed by atoms with van der Waals surface area (Å²) in [4.78, 5) is 24.3. The van der Waals surface area contributed by atoms with E-state index in [-0.39, 0.29) is 11.5 Å². The lowest BCUT2D eigenvalue weighted by Crippen LogP contribution is -2.13. The Kier molecular flexibility index (Phi) is 3.20. The van der Waals surface area contributed by atoms with Crippen molar-refractivity contribution in [2.45, 2.75) is 6.92 Å². The number of hydrogen-bond donors (Lipinski definition) is 0.